The SMILES string of the molecule is CNc1nc(C)cc(OC2CCNCC2)n1. The van der Waals surface area contributed by atoms with Crippen molar-refractivity contribution in [1.82, 2.24) is 15.3 Å². The molecular formula is C11H18N4O. The van der Waals surface area contributed by atoms with Gasteiger partial charge in [0.15, 0.2) is 0 Å². The van der Waals surface area contributed by atoms with E-state index >= 15 is 0 Å². The van der Waals surface area contributed by atoms with Crippen molar-refractivity contribution in [3.05, 3.63) is 11.8 Å². The van der Waals surface area contributed by atoms with Gasteiger partial charge in [0.2, 0.25) is 11.8 Å². The number of rotatable bonds is 3. The first kappa shape index (κ1) is 11.1. The number of hydrogen-bond donors (Lipinski definition) is 2. The van der Waals surface area contributed by atoms with Crippen LogP contribution in [0.1, 0.15) is 18.5 Å². The van der Waals surface area contributed by atoms with Crippen molar-refractivity contribution in [3.63, 3.8) is 0 Å². The first-order chi connectivity index (χ1) is 7.78. The highest BCUT2D eigenvalue weighted by Crippen LogP contribution is 2.16. The maximum Gasteiger partial charge on any atom is 0.225 e. The van der Waals surface area contributed by atoms with Crippen molar-refractivity contribution in [1.29, 1.82) is 0 Å². The third kappa shape index (κ3) is 2.82. The Labute approximate surface area is 95.6 Å². The van der Waals surface area contributed by atoms with Gasteiger partial charge < -0.3 is 15.4 Å². The van der Waals surface area contributed by atoms with Gasteiger partial charge in [-0.05, 0) is 32.9 Å². The van der Waals surface area contributed by atoms with Crippen molar-refractivity contribution in [2.75, 3.05) is 25.5 Å². The Kier molecular flexibility index (Phi) is 3.56. The minimum atomic E-state index is 0.278. The van der Waals surface area contributed by atoms with Crippen LogP contribution in [0.25, 0.3) is 0 Å². The third-order valence-corrected chi connectivity index (χ3v) is 2.63. The topological polar surface area (TPSA) is 59.1 Å². The van der Waals surface area contributed by atoms with Crippen LogP contribution >= 0.6 is 0 Å². The largest absolute Gasteiger partial charge is 0.474 e. The summed E-state index contributed by atoms with van der Waals surface area (Å²) in [5, 5.41) is 6.24. The zero-order valence-electron chi connectivity index (χ0n) is 9.79. The molecule has 1 fully saturated rings. The Bertz CT molecular complexity index is 350. The van der Waals surface area contributed by atoms with Crippen LogP contribution in [0.2, 0.25) is 0 Å². The lowest BCUT2D eigenvalue weighted by Crippen LogP contribution is -2.34. The van der Waals surface area contributed by atoms with Crippen LogP contribution < -0.4 is 15.4 Å². The first-order valence-corrected chi connectivity index (χ1v) is 5.69. The van der Waals surface area contributed by atoms with E-state index in [0.29, 0.717) is 11.8 Å². The second-order valence-electron chi connectivity index (χ2n) is 3.99. The fourth-order valence-corrected chi connectivity index (χ4v) is 1.80. The lowest BCUT2D eigenvalue weighted by Gasteiger charge is -2.23. The molecule has 0 aliphatic carbocycles. The average molecular weight is 222 g/mol. The van der Waals surface area contributed by atoms with Gasteiger partial charge in [0.1, 0.15) is 6.10 Å². The zero-order chi connectivity index (χ0) is 11.4. The third-order valence-electron chi connectivity index (χ3n) is 2.63. The van der Waals surface area contributed by atoms with Crippen molar-refractivity contribution < 1.29 is 4.74 Å². The predicted molar refractivity (Wildman–Crippen MR) is 62.8 cm³/mol. The maximum absolute atomic E-state index is 5.85. The minimum Gasteiger partial charge on any atom is -0.474 e. The molecule has 1 aliphatic rings. The molecule has 0 spiro atoms. The number of aryl methyl sites for hydroxylation is 1. The smallest absolute Gasteiger partial charge is 0.225 e. The summed E-state index contributed by atoms with van der Waals surface area (Å²) in [5.41, 5.74) is 0.920. The van der Waals surface area contributed by atoms with Gasteiger partial charge in [0.25, 0.3) is 0 Å². The Hall–Kier alpha value is -1.36. The van der Waals surface area contributed by atoms with Crippen LogP contribution in [0.3, 0.4) is 0 Å². The molecule has 0 atom stereocenters. The molecule has 0 bridgehead atoms. The standard InChI is InChI=1S/C11H18N4O/c1-8-7-10(15-11(12-2)14-8)16-9-3-5-13-6-4-9/h7,9,13H,3-6H2,1-2H3,(H,12,14,15). The fourth-order valence-electron chi connectivity index (χ4n) is 1.80. The molecule has 0 unspecified atom stereocenters. The number of piperidine rings is 1. The van der Waals surface area contributed by atoms with Crippen LogP contribution in [0.4, 0.5) is 5.95 Å². The van der Waals surface area contributed by atoms with E-state index in [9.17, 15) is 0 Å². The number of nitrogens with one attached hydrogen (secondary N) is 2. The van der Waals surface area contributed by atoms with Crippen molar-refractivity contribution in [2.24, 2.45) is 0 Å². The Morgan fingerprint density at radius 1 is 1.38 bits per heavy atom. The maximum atomic E-state index is 5.85. The highest BCUT2D eigenvalue weighted by Gasteiger charge is 2.15. The molecule has 1 aliphatic heterocycles. The highest BCUT2D eigenvalue weighted by molar-refractivity contribution is 5.29. The van der Waals surface area contributed by atoms with Gasteiger partial charge in [-0.15, -0.1) is 0 Å². The van der Waals surface area contributed by atoms with E-state index < -0.39 is 0 Å². The summed E-state index contributed by atoms with van der Waals surface area (Å²) >= 11 is 0. The molecule has 0 aromatic carbocycles. The summed E-state index contributed by atoms with van der Waals surface area (Å²) in [7, 11) is 1.81. The number of anilines is 1. The van der Waals surface area contributed by atoms with Gasteiger partial charge in [0.05, 0.1) is 0 Å². The van der Waals surface area contributed by atoms with Crippen LogP contribution in [0.15, 0.2) is 6.07 Å². The van der Waals surface area contributed by atoms with E-state index in [0.717, 1.165) is 31.6 Å². The molecule has 2 N–H and O–H groups in total. The van der Waals surface area contributed by atoms with Gasteiger partial charge in [-0.3, -0.25) is 0 Å². The van der Waals surface area contributed by atoms with E-state index in [4.69, 9.17) is 4.74 Å². The van der Waals surface area contributed by atoms with Gasteiger partial charge in [0, 0.05) is 18.8 Å². The molecule has 1 aromatic rings. The average Bonchev–Trinajstić information content (AvgIpc) is 2.29. The Morgan fingerprint density at radius 3 is 2.81 bits per heavy atom. The van der Waals surface area contributed by atoms with Gasteiger partial charge in [-0.25, -0.2) is 4.98 Å². The monoisotopic (exact) mass is 222 g/mol. The summed E-state index contributed by atoms with van der Waals surface area (Å²) in [4.78, 5) is 8.51. The molecule has 1 aromatic heterocycles. The van der Waals surface area contributed by atoms with Gasteiger partial charge >= 0.3 is 0 Å². The molecule has 16 heavy (non-hydrogen) atoms. The molecule has 1 saturated heterocycles. The second kappa shape index (κ2) is 5.12. The molecule has 0 saturated carbocycles. The summed E-state index contributed by atoms with van der Waals surface area (Å²) < 4.78 is 5.85. The number of ether oxygens (including phenoxy) is 1. The predicted octanol–water partition coefficient (Wildman–Crippen LogP) is 0.958. The van der Waals surface area contributed by atoms with Crippen LogP contribution in [-0.4, -0.2) is 36.2 Å². The van der Waals surface area contributed by atoms with Crippen LogP contribution in [-0.2, 0) is 0 Å². The second-order valence-corrected chi connectivity index (χ2v) is 3.99. The Morgan fingerprint density at radius 2 is 2.12 bits per heavy atom. The fraction of sp³-hybridized carbons (Fsp3) is 0.636. The van der Waals surface area contributed by atoms with E-state index in [1.54, 1.807) is 0 Å². The molecular weight excluding hydrogens is 204 g/mol. The molecule has 88 valence electrons. The highest BCUT2D eigenvalue weighted by atomic mass is 16.5. The molecule has 5 nitrogen and oxygen atoms in total. The summed E-state index contributed by atoms with van der Waals surface area (Å²) in [6, 6.07) is 1.88. The number of aromatic nitrogens is 2. The van der Waals surface area contributed by atoms with E-state index in [1.165, 1.54) is 0 Å². The Balaban J connectivity index is 2.04. The van der Waals surface area contributed by atoms with E-state index in [2.05, 4.69) is 20.6 Å². The normalized spacial score (nSPS) is 17.1. The quantitative estimate of drug-likeness (QED) is 0.797. The summed E-state index contributed by atoms with van der Waals surface area (Å²) in [6.45, 7) is 3.99. The molecule has 0 amide bonds. The van der Waals surface area contributed by atoms with Crippen LogP contribution in [0, 0.1) is 6.92 Å². The first-order valence-electron chi connectivity index (χ1n) is 5.69. The van der Waals surface area contributed by atoms with Gasteiger partial charge in [-0.1, -0.05) is 0 Å². The van der Waals surface area contributed by atoms with E-state index in [1.807, 2.05) is 20.0 Å². The molecule has 0 radical (unpaired) electrons. The minimum absolute atomic E-state index is 0.278. The lowest BCUT2D eigenvalue weighted by molar-refractivity contribution is 0.156. The van der Waals surface area contributed by atoms with Gasteiger partial charge in [-0.2, -0.15) is 4.98 Å². The van der Waals surface area contributed by atoms with Crippen LogP contribution in [0.5, 0.6) is 5.88 Å². The zero-order valence-corrected chi connectivity index (χ0v) is 9.79. The molecule has 2 rings (SSSR count). The molecule has 2 heterocycles. The number of nitrogens with zero attached hydrogens (tertiary/aromatic N) is 2. The molecule has 5 heteroatoms. The lowest BCUT2D eigenvalue weighted by atomic mass is 10.1. The van der Waals surface area contributed by atoms with E-state index in [-0.39, 0.29) is 6.10 Å². The van der Waals surface area contributed by atoms with Crippen molar-refractivity contribution in [2.45, 2.75) is 25.9 Å². The van der Waals surface area contributed by atoms with Crippen molar-refractivity contribution in [3.8, 4) is 5.88 Å². The van der Waals surface area contributed by atoms with Crippen molar-refractivity contribution >= 4 is 5.95 Å². The summed E-state index contributed by atoms with van der Waals surface area (Å²) in [6.07, 6.45) is 2.36. The summed E-state index contributed by atoms with van der Waals surface area (Å²) in [5.74, 6) is 1.28. The number of hydrogen-bond acceptors (Lipinski definition) is 5.